The highest BCUT2D eigenvalue weighted by Gasteiger charge is 2.33. The maximum absolute atomic E-state index is 13.7. The summed E-state index contributed by atoms with van der Waals surface area (Å²) in [4.78, 5) is 30.2. The van der Waals surface area contributed by atoms with Crippen LogP contribution in [0, 0.1) is 5.82 Å². The molecule has 2 aliphatic heterocycles. The minimum atomic E-state index is -0.679. The maximum atomic E-state index is 13.7. The molecule has 5 aromatic carbocycles. The van der Waals surface area contributed by atoms with E-state index in [4.69, 9.17) is 14.2 Å². The van der Waals surface area contributed by atoms with Gasteiger partial charge in [-0.05, 0) is 96.8 Å². The van der Waals surface area contributed by atoms with Crippen LogP contribution < -0.4 is 34.6 Å². The van der Waals surface area contributed by atoms with Gasteiger partial charge in [-0.3, -0.25) is 9.59 Å². The zero-order valence-corrected chi connectivity index (χ0v) is 36.6. The lowest BCUT2D eigenvalue weighted by Crippen LogP contribution is -2.51. The third kappa shape index (κ3) is 10.8. The number of nitrogens with zero attached hydrogens (tertiary/aromatic N) is 6. The van der Waals surface area contributed by atoms with Crippen molar-refractivity contribution in [2.24, 2.45) is 0 Å². The molecule has 0 spiro atoms. The quantitative estimate of drug-likeness (QED) is 0.111. The van der Waals surface area contributed by atoms with Gasteiger partial charge in [0.2, 0.25) is 0 Å². The number of amides is 2. The average molecular weight is 889 g/mol. The van der Waals surface area contributed by atoms with Crippen LogP contribution in [0.3, 0.4) is 0 Å². The second kappa shape index (κ2) is 20.9. The van der Waals surface area contributed by atoms with Gasteiger partial charge in [-0.25, -0.2) is 13.8 Å². The fraction of sp³-hybridized carbons (Fsp3) is 0.269. The molecule has 0 saturated heterocycles. The minimum absolute atomic E-state index is 0.000401. The number of para-hydroxylation sites is 5. The fourth-order valence-corrected chi connectivity index (χ4v) is 8.53. The van der Waals surface area contributed by atoms with Crippen LogP contribution in [-0.4, -0.2) is 75.9 Å². The highest BCUT2D eigenvalue weighted by atomic mass is 19.1. The molecule has 0 bridgehead atoms. The van der Waals surface area contributed by atoms with Crippen molar-refractivity contribution in [2.45, 2.75) is 63.4 Å². The van der Waals surface area contributed by atoms with Gasteiger partial charge in [-0.1, -0.05) is 79.9 Å². The van der Waals surface area contributed by atoms with Crippen LogP contribution in [0.15, 0.2) is 158 Å². The first-order valence-electron chi connectivity index (χ1n) is 22.6. The van der Waals surface area contributed by atoms with Gasteiger partial charge < -0.3 is 34.6 Å². The van der Waals surface area contributed by atoms with E-state index in [2.05, 4.69) is 73.1 Å². The van der Waals surface area contributed by atoms with E-state index in [1.807, 2.05) is 88.5 Å². The molecule has 2 atom stereocenters. The molecule has 10 rings (SSSR count). The summed E-state index contributed by atoms with van der Waals surface area (Å²) < 4.78 is 34.9. The number of halogens is 1. The number of carbonyl (C=O) groups is 2. The SMILES string of the molecule is O=C(NC1CCCCC1)C1CN(Cc2ccc(-n3cccn3)cc2)c2ccccc2O1.O=C(NCCOc1ccccc1F)C1CN(Cc2ccc(-n3cccn3)cc2)c2ccccc2O1. The Labute approximate surface area is 383 Å². The summed E-state index contributed by atoms with van der Waals surface area (Å²) in [5.41, 5.74) is 6.27. The van der Waals surface area contributed by atoms with Crippen molar-refractivity contribution in [3.8, 4) is 28.6 Å². The number of carbonyl (C=O) groups excluding carboxylic acids is 2. The predicted octanol–water partition coefficient (Wildman–Crippen LogP) is 8.06. The molecule has 66 heavy (non-hydrogen) atoms. The summed E-state index contributed by atoms with van der Waals surface area (Å²) in [5.74, 6) is 0.921. The molecule has 1 saturated carbocycles. The van der Waals surface area contributed by atoms with E-state index in [1.165, 1.54) is 30.9 Å². The Balaban J connectivity index is 0.000000167. The van der Waals surface area contributed by atoms with E-state index in [0.29, 0.717) is 31.9 Å². The number of benzene rings is 5. The van der Waals surface area contributed by atoms with Crippen molar-refractivity contribution < 1.29 is 28.2 Å². The van der Waals surface area contributed by atoms with Crippen molar-refractivity contribution in [3.05, 3.63) is 175 Å². The molecule has 13 nitrogen and oxygen atoms in total. The predicted molar refractivity (Wildman–Crippen MR) is 251 cm³/mol. The summed E-state index contributed by atoms with van der Waals surface area (Å²) in [7, 11) is 0. The highest BCUT2D eigenvalue weighted by molar-refractivity contribution is 5.84. The Kier molecular flexibility index (Phi) is 13.8. The fourth-order valence-electron chi connectivity index (χ4n) is 8.53. The third-order valence-corrected chi connectivity index (χ3v) is 11.9. The third-order valence-electron chi connectivity index (χ3n) is 11.9. The number of anilines is 2. The van der Waals surface area contributed by atoms with E-state index in [9.17, 15) is 14.0 Å². The molecule has 0 radical (unpaired) electrons. The second-order valence-corrected chi connectivity index (χ2v) is 16.6. The van der Waals surface area contributed by atoms with Crippen molar-refractivity contribution >= 4 is 23.2 Å². The van der Waals surface area contributed by atoms with Crippen LogP contribution in [0.2, 0.25) is 0 Å². The Morgan fingerprint density at radius 2 is 1.14 bits per heavy atom. The molecule has 2 N–H and O–H groups in total. The molecular formula is C52H53FN8O5. The van der Waals surface area contributed by atoms with Gasteiger partial charge in [0.05, 0.1) is 42.4 Å². The van der Waals surface area contributed by atoms with Crippen molar-refractivity contribution in [1.29, 1.82) is 0 Å². The van der Waals surface area contributed by atoms with E-state index >= 15 is 0 Å². The normalized spacial score (nSPS) is 16.6. The molecule has 338 valence electrons. The van der Waals surface area contributed by atoms with Crippen LogP contribution in [0.25, 0.3) is 11.4 Å². The number of nitrogens with one attached hydrogen (secondary N) is 2. The molecule has 1 aliphatic carbocycles. The molecule has 4 heterocycles. The van der Waals surface area contributed by atoms with Crippen LogP contribution in [0.5, 0.6) is 17.2 Å². The summed E-state index contributed by atoms with van der Waals surface area (Å²) in [6.07, 6.45) is 12.0. The minimum Gasteiger partial charge on any atom is -0.489 e. The van der Waals surface area contributed by atoms with Crippen LogP contribution in [-0.2, 0) is 22.7 Å². The van der Waals surface area contributed by atoms with Gasteiger partial charge in [-0.2, -0.15) is 10.2 Å². The zero-order chi connectivity index (χ0) is 45.1. The zero-order valence-electron chi connectivity index (χ0n) is 36.6. The Morgan fingerprint density at radius 3 is 1.67 bits per heavy atom. The van der Waals surface area contributed by atoms with Crippen molar-refractivity contribution in [3.63, 3.8) is 0 Å². The number of hydrogen-bond acceptors (Lipinski definition) is 9. The van der Waals surface area contributed by atoms with Gasteiger partial charge in [0.25, 0.3) is 11.8 Å². The van der Waals surface area contributed by atoms with Crippen LogP contribution in [0.1, 0.15) is 43.2 Å². The van der Waals surface area contributed by atoms with E-state index < -0.39 is 18.0 Å². The van der Waals surface area contributed by atoms with Gasteiger partial charge in [-0.15, -0.1) is 0 Å². The Hall–Kier alpha value is -7.61. The van der Waals surface area contributed by atoms with Crippen LogP contribution >= 0.6 is 0 Å². The number of ether oxygens (including phenoxy) is 3. The van der Waals surface area contributed by atoms with Gasteiger partial charge >= 0.3 is 0 Å². The van der Waals surface area contributed by atoms with E-state index in [1.54, 1.807) is 30.6 Å². The summed E-state index contributed by atoms with van der Waals surface area (Å²) >= 11 is 0. The lowest BCUT2D eigenvalue weighted by Gasteiger charge is -2.36. The molecule has 14 heteroatoms. The first kappa shape index (κ1) is 43.6. The monoisotopic (exact) mass is 888 g/mol. The molecule has 2 amide bonds. The van der Waals surface area contributed by atoms with Crippen molar-refractivity contribution in [1.82, 2.24) is 30.2 Å². The first-order chi connectivity index (χ1) is 32.4. The van der Waals surface area contributed by atoms with E-state index in [-0.39, 0.29) is 36.8 Å². The second-order valence-electron chi connectivity index (χ2n) is 16.6. The highest BCUT2D eigenvalue weighted by Crippen LogP contribution is 2.36. The number of rotatable bonds is 13. The number of fused-ring (bicyclic) bond motifs is 2. The Bertz CT molecular complexity index is 2650. The molecule has 2 unspecified atom stereocenters. The smallest absolute Gasteiger partial charge is 0.263 e. The summed E-state index contributed by atoms with van der Waals surface area (Å²) in [6.45, 7) is 2.67. The lowest BCUT2D eigenvalue weighted by atomic mass is 9.95. The molecule has 1 fully saturated rings. The van der Waals surface area contributed by atoms with Crippen molar-refractivity contribution in [2.75, 3.05) is 36.0 Å². The molecular weight excluding hydrogens is 836 g/mol. The average Bonchev–Trinajstić information content (AvgIpc) is 4.11. The number of aromatic nitrogens is 4. The van der Waals surface area contributed by atoms with E-state index in [0.717, 1.165) is 46.9 Å². The number of hydrogen-bond donors (Lipinski definition) is 2. The largest absolute Gasteiger partial charge is 0.489 e. The molecule has 3 aliphatic rings. The first-order valence-corrected chi connectivity index (χ1v) is 22.6. The summed E-state index contributed by atoms with van der Waals surface area (Å²) in [5, 5.41) is 14.6. The topological polar surface area (TPSA) is 128 Å². The lowest BCUT2D eigenvalue weighted by molar-refractivity contribution is -0.129. The maximum Gasteiger partial charge on any atom is 0.263 e. The Morgan fingerprint density at radius 1 is 0.621 bits per heavy atom. The van der Waals surface area contributed by atoms with Gasteiger partial charge in [0.15, 0.2) is 23.8 Å². The molecule has 2 aromatic heterocycles. The standard InChI is InChI=1S/C27H25FN4O3.C25H28N4O2/c28-22-6-1-3-8-24(22)34-17-15-29-27(33)26-19-31(23-7-2-4-9-25(23)35-26)18-20-10-12-21(13-11-20)32-16-5-14-30-32;30-25(27-20-7-2-1-3-8-20)24-18-28(22-9-4-5-10-23(22)31-24)17-19-11-13-21(14-12-19)29-16-6-15-26-29/h1-14,16,26H,15,17-19H2,(H,29,33);4-6,9-16,20,24H,1-3,7-8,17-18H2,(H,27,30). The van der Waals surface area contributed by atoms with Gasteiger partial charge in [0.1, 0.15) is 18.1 Å². The van der Waals surface area contributed by atoms with Gasteiger partial charge in [0, 0.05) is 43.9 Å². The summed E-state index contributed by atoms with van der Waals surface area (Å²) in [6, 6.07) is 42.5. The molecule has 7 aromatic rings. The van der Waals surface area contributed by atoms with Crippen LogP contribution in [0.4, 0.5) is 15.8 Å².